The standard InChI is InChI=1S/C27H42N7O20P3S/c1-27(2,21(40)24(41)30-7-6-16(36)29-8-9-58-26(42)14(35)4-3-5-17(37)38)11-51-57(48,49)54-56(46,47)50-10-15-20(53-55(43,44)45)19(39)25(52-15)34-13-33-18-22(28)31-12-32-23(18)34/h12-13,15,19-21,25,39-40H,3-11H2,1-2H3,(H,29,36)(H,30,41)(H,37,38)(H,46,47)(H,48,49)(H2,28,31,32)(H2,43,44,45)/t15-,19-,20-,21+,25-/m1/s1. The molecule has 11 N–H and O–H groups in total. The maximum absolute atomic E-state index is 12.7. The predicted octanol–water partition coefficient (Wildman–Crippen LogP) is -1.51. The van der Waals surface area contributed by atoms with E-state index in [4.69, 9.17) is 24.6 Å². The Morgan fingerprint density at radius 1 is 1.00 bits per heavy atom. The second kappa shape index (κ2) is 20.8. The number of imidazole rings is 1. The largest absolute Gasteiger partial charge is 0.481 e. The number of aliphatic hydroxyl groups excluding tert-OH is 2. The number of thioether (sulfide) groups is 1. The van der Waals surface area contributed by atoms with Crippen molar-refractivity contribution >= 4 is 80.9 Å². The highest BCUT2D eigenvalue weighted by Crippen LogP contribution is 2.61. The molecule has 1 aliphatic heterocycles. The number of carboxylic acid groups (broad SMARTS) is 1. The topological polar surface area (TPSA) is 418 Å². The van der Waals surface area contributed by atoms with Gasteiger partial charge in [-0.05, 0) is 6.42 Å². The number of amides is 2. The second-order valence-electron chi connectivity index (χ2n) is 12.9. The fraction of sp³-hybridized carbons (Fsp3) is 0.630. The maximum Gasteiger partial charge on any atom is 0.481 e. The molecule has 2 aromatic heterocycles. The molecule has 0 radical (unpaired) electrons. The molecule has 1 aliphatic rings. The van der Waals surface area contributed by atoms with Crippen LogP contribution in [0.2, 0.25) is 0 Å². The summed E-state index contributed by atoms with van der Waals surface area (Å²) in [5.41, 5.74) is 4.17. The summed E-state index contributed by atoms with van der Waals surface area (Å²) in [5, 5.41) is 33.9. The summed E-state index contributed by atoms with van der Waals surface area (Å²) < 4.78 is 61.9. The molecule has 1 saturated heterocycles. The molecule has 2 amide bonds. The number of Topliss-reactive ketones (excluding diaryl/α,β-unsaturated/α-hetero) is 1. The van der Waals surface area contributed by atoms with Gasteiger partial charge in [0.2, 0.25) is 17.6 Å². The Bertz CT molecular complexity index is 1960. The molecule has 58 heavy (non-hydrogen) atoms. The van der Waals surface area contributed by atoms with Gasteiger partial charge in [-0.15, -0.1) is 0 Å². The van der Waals surface area contributed by atoms with E-state index in [0.29, 0.717) is 11.8 Å². The van der Waals surface area contributed by atoms with Crippen LogP contribution in [0.5, 0.6) is 0 Å². The van der Waals surface area contributed by atoms with Crippen LogP contribution in [0.25, 0.3) is 11.2 Å². The van der Waals surface area contributed by atoms with Crippen molar-refractivity contribution in [3.63, 3.8) is 0 Å². The maximum atomic E-state index is 12.7. The molecule has 27 nitrogen and oxygen atoms in total. The molecular formula is C27H42N7O20P3S. The number of fused-ring (bicyclic) bond motifs is 1. The van der Waals surface area contributed by atoms with Crippen molar-refractivity contribution in [2.24, 2.45) is 5.41 Å². The predicted molar refractivity (Wildman–Crippen MR) is 194 cm³/mol. The first kappa shape index (κ1) is 49.1. The highest BCUT2D eigenvalue weighted by atomic mass is 32.2. The minimum absolute atomic E-state index is 0.0136. The number of carboxylic acids is 1. The number of nitrogen functional groups attached to an aromatic ring is 1. The van der Waals surface area contributed by atoms with Crippen molar-refractivity contribution in [1.29, 1.82) is 0 Å². The summed E-state index contributed by atoms with van der Waals surface area (Å²) >= 11 is 0.640. The van der Waals surface area contributed by atoms with Crippen molar-refractivity contribution < 1.29 is 95.2 Å². The van der Waals surface area contributed by atoms with E-state index < -0.39 is 101 Å². The molecule has 0 saturated carbocycles. The zero-order valence-electron chi connectivity index (χ0n) is 30.5. The van der Waals surface area contributed by atoms with Gasteiger partial charge in [-0.3, -0.25) is 42.1 Å². The normalized spacial score (nSPS) is 21.2. The van der Waals surface area contributed by atoms with Gasteiger partial charge in [-0.25, -0.2) is 28.6 Å². The van der Waals surface area contributed by atoms with Crippen LogP contribution in [0.3, 0.4) is 0 Å². The molecule has 0 aromatic carbocycles. The molecular weight excluding hydrogens is 867 g/mol. The molecule has 2 unspecified atom stereocenters. The number of hydrogen-bond donors (Lipinski definition) is 10. The lowest BCUT2D eigenvalue weighted by atomic mass is 9.87. The molecule has 1 fully saturated rings. The van der Waals surface area contributed by atoms with E-state index in [-0.39, 0.29) is 61.5 Å². The number of nitrogens with one attached hydrogen (secondary N) is 2. The van der Waals surface area contributed by atoms with Crippen molar-refractivity contribution in [2.45, 2.75) is 70.2 Å². The molecule has 0 spiro atoms. The molecule has 7 atom stereocenters. The summed E-state index contributed by atoms with van der Waals surface area (Å²) in [6.07, 6.45) is -7.67. The van der Waals surface area contributed by atoms with Crippen molar-refractivity contribution in [1.82, 2.24) is 30.2 Å². The van der Waals surface area contributed by atoms with Crippen LogP contribution < -0.4 is 16.4 Å². The number of anilines is 1. The highest BCUT2D eigenvalue weighted by Gasteiger charge is 2.50. The number of phosphoric ester groups is 3. The van der Waals surface area contributed by atoms with Gasteiger partial charge in [0.15, 0.2) is 17.7 Å². The van der Waals surface area contributed by atoms with E-state index in [9.17, 15) is 67.5 Å². The Labute approximate surface area is 331 Å². The van der Waals surface area contributed by atoms with Crippen LogP contribution >= 0.6 is 35.2 Å². The summed E-state index contributed by atoms with van der Waals surface area (Å²) in [6.45, 7) is 0.0177. The lowest BCUT2D eigenvalue weighted by Crippen LogP contribution is -2.46. The smallest absolute Gasteiger partial charge is 0.481 e. The zero-order chi connectivity index (χ0) is 43.6. The number of carbonyl (C=O) groups excluding carboxylic acids is 4. The Kier molecular flexibility index (Phi) is 17.6. The summed E-state index contributed by atoms with van der Waals surface area (Å²) in [6, 6.07) is 0. The minimum atomic E-state index is -5.60. The number of phosphoric acid groups is 3. The number of ketones is 1. The van der Waals surface area contributed by atoms with Crippen LogP contribution in [-0.2, 0) is 60.3 Å². The third-order valence-electron chi connectivity index (χ3n) is 7.76. The van der Waals surface area contributed by atoms with Gasteiger partial charge in [0, 0.05) is 43.5 Å². The summed E-state index contributed by atoms with van der Waals surface area (Å²) in [7, 11) is -16.5. The van der Waals surface area contributed by atoms with Gasteiger partial charge in [0.1, 0.15) is 36.3 Å². The van der Waals surface area contributed by atoms with Crippen LogP contribution in [-0.4, -0.2) is 140 Å². The van der Waals surface area contributed by atoms with Crippen LogP contribution in [0.1, 0.15) is 45.8 Å². The summed E-state index contributed by atoms with van der Waals surface area (Å²) in [5.74, 6) is -3.48. The fourth-order valence-corrected chi connectivity index (χ4v) is 8.34. The average molecular weight is 910 g/mol. The van der Waals surface area contributed by atoms with Crippen LogP contribution in [0.15, 0.2) is 12.7 Å². The number of aromatic nitrogens is 4. The fourth-order valence-electron chi connectivity index (χ4n) is 4.86. The SMILES string of the molecule is CC(C)(COP(=O)(O)OP(=O)(O)OC[C@H]1O[C@@H](n2cnc3c(N)ncnc32)[C@H](O)[C@@H]1OP(=O)(O)O)[C@@H](O)C(=O)NCCC(=O)NCCSC(=O)C(=O)CCCC(=O)O. The molecule has 3 heterocycles. The molecule has 2 aromatic rings. The first-order chi connectivity index (χ1) is 26.8. The van der Waals surface area contributed by atoms with Gasteiger partial charge < -0.3 is 56.0 Å². The number of nitrogens with two attached hydrogens (primary N) is 1. The molecule has 0 bridgehead atoms. The molecule has 31 heteroatoms. The van der Waals surface area contributed by atoms with E-state index in [1.165, 1.54) is 13.8 Å². The third-order valence-corrected chi connectivity index (χ3v) is 11.8. The number of aliphatic hydroxyl groups is 2. The van der Waals surface area contributed by atoms with Crippen molar-refractivity contribution in [2.75, 3.05) is 37.8 Å². The van der Waals surface area contributed by atoms with Crippen LogP contribution in [0.4, 0.5) is 5.82 Å². The van der Waals surface area contributed by atoms with E-state index in [1.54, 1.807) is 0 Å². The van der Waals surface area contributed by atoms with Gasteiger partial charge in [-0.1, -0.05) is 25.6 Å². The minimum Gasteiger partial charge on any atom is -0.481 e. The number of nitrogens with zero attached hydrogens (tertiary/aromatic N) is 4. The van der Waals surface area contributed by atoms with Crippen LogP contribution in [0, 0.1) is 5.41 Å². The average Bonchev–Trinajstić information content (AvgIpc) is 3.67. The number of carbonyl (C=O) groups is 5. The first-order valence-corrected chi connectivity index (χ1v) is 22.1. The molecule has 0 aliphatic carbocycles. The number of ether oxygens (including phenoxy) is 1. The molecule has 326 valence electrons. The van der Waals surface area contributed by atoms with E-state index in [1.807, 2.05) is 0 Å². The van der Waals surface area contributed by atoms with Crippen molar-refractivity contribution in [3.8, 4) is 0 Å². The monoisotopic (exact) mass is 909 g/mol. The second-order valence-corrected chi connectivity index (χ2v) is 18.2. The Hall–Kier alpha value is -3.30. The highest BCUT2D eigenvalue weighted by molar-refractivity contribution is 8.15. The number of rotatable bonds is 24. The van der Waals surface area contributed by atoms with Gasteiger partial charge >= 0.3 is 29.4 Å². The lowest BCUT2D eigenvalue weighted by molar-refractivity contribution is -0.138. The summed E-state index contributed by atoms with van der Waals surface area (Å²) in [4.78, 5) is 109. The Balaban J connectivity index is 1.46. The van der Waals surface area contributed by atoms with Gasteiger partial charge in [-0.2, -0.15) is 4.31 Å². The van der Waals surface area contributed by atoms with Gasteiger partial charge in [0.25, 0.3) is 5.12 Å². The Morgan fingerprint density at radius 2 is 1.67 bits per heavy atom. The number of hydrogen-bond acceptors (Lipinski definition) is 20. The van der Waals surface area contributed by atoms with E-state index in [0.717, 1.165) is 17.2 Å². The first-order valence-electron chi connectivity index (χ1n) is 16.6. The lowest BCUT2D eigenvalue weighted by Gasteiger charge is -2.30. The number of aliphatic carboxylic acids is 1. The van der Waals surface area contributed by atoms with Gasteiger partial charge in [0.05, 0.1) is 19.5 Å². The quantitative estimate of drug-likeness (QED) is 0.0325. The zero-order valence-corrected chi connectivity index (χ0v) is 34.0. The Morgan fingerprint density at radius 3 is 2.33 bits per heavy atom. The molecule has 3 rings (SSSR count). The van der Waals surface area contributed by atoms with E-state index in [2.05, 4.69) is 34.4 Å². The van der Waals surface area contributed by atoms with Crippen molar-refractivity contribution in [3.05, 3.63) is 12.7 Å². The third kappa shape index (κ3) is 15.1. The van der Waals surface area contributed by atoms with E-state index >= 15 is 0 Å².